The van der Waals surface area contributed by atoms with Gasteiger partial charge in [-0.2, -0.15) is 0 Å². The highest BCUT2D eigenvalue weighted by atomic mass is 32.1. The zero-order valence-electron chi connectivity index (χ0n) is 8.00. The fraction of sp³-hybridized carbons (Fsp3) is 0.750. The van der Waals surface area contributed by atoms with Crippen LogP contribution in [-0.4, -0.2) is 27.8 Å². The van der Waals surface area contributed by atoms with Crippen molar-refractivity contribution < 1.29 is 9.59 Å². The summed E-state index contributed by atoms with van der Waals surface area (Å²) in [6.07, 6.45) is 0.490. The summed E-state index contributed by atoms with van der Waals surface area (Å²) in [5.74, 6) is -0.252. The Balaban J connectivity index is 2.94. The van der Waals surface area contributed by atoms with E-state index in [0.717, 1.165) is 0 Å². The molecule has 0 aromatic carbocycles. The van der Waals surface area contributed by atoms with Crippen molar-refractivity contribution in [1.82, 2.24) is 10.2 Å². The van der Waals surface area contributed by atoms with E-state index in [1.165, 1.54) is 4.90 Å². The maximum absolute atomic E-state index is 11.7. The summed E-state index contributed by atoms with van der Waals surface area (Å²) in [4.78, 5) is 23.2. The summed E-state index contributed by atoms with van der Waals surface area (Å²) in [6, 6.07) is -0.468. The van der Waals surface area contributed by atoms with E-state index >= 15 is 0 Å². The number of imide groups is 1. The van der Waals surface area contributed by atoms with E-state index in [-0.39, 0.29) is 18.0 Å². The van der Waals surface area contributed by atoms with Gasteiger partial charge in [-0.3, -0.25) is 9.69 Å². The van der Waals surface area contributed by atoms with Crippen molar-refractivity contribution in [3.63, 3.8) is 0 Å². The molecule has 1 aliphatic rings. The predicted molar refractivity (Wildman–Crippen MR) is 52.5 cm³/mol. The monoisotopic (exact) mass is 202 g/mol. The van der Waals surface area contributed by atoms with Crippen molar-refractivity contribution in [3.8, 4) is 0 Å². The summed E-state index contributed by atoms with van der Waals surface area (Å²) >= 11 is 4.17. The third kappa shape index (κ3) is 1.52. The number of thiol groups is 1. The van der Waals surface area contributed by atoms with Gasteiger partial charge in [0, 0.05) is 6.04 Å². The topological polar surface area (TPSA) is 49.4 Å². The van der Waals surface area contributed by atoms with Crippen LogP contribution in [0.4, 0.5) is 4.79 Å². The van der Waals surface area contributed by atoms with Crippen LogP contribution < -0.4 is 5.32 Å². The maximum atomic E-state index is 11.7. The molecule has 74 valence electrons. The average molecular weight is 202 g/mol. The lowest BCUT2D eigenvalue weighted by Crippen LogP contribution is -2.41. The summed E-state index contributed by atoms with van der Waals surface area (Å²) in [5, 5.41) is 2.56. The van der Waals surface area contributed by atoms with E-state index in [2.05, 4.69) is 17.9 Å². The highest BCUT2D eigenvalue weighted by Crippen LogP contribution is 2.26. The minimum atomic E-state index is -0.999. The lowest BCUT2D eigenvalue weighted by Gasteiger charge is -2.20. The fourth-order valence-corrected chi connectivity index (χ4v) is 1.49. The normalized spacial score (nSPS) is 28.5. The van der Waals surface area contributed by atoms with E-state index in [9.17, 15) is 9.59 Å². The molecule has 0 aromatic heterocycles. The van der Waals surface area contributed by atoms with E-state index in [1.807, 2.05) is 6.92 Å². The van der Waals surface area contributed by atoms with Crippen LogP contribution in [0, 0.1) is 0 Å². The van der Waals surface area contributed by atoms with E-state index < -0.39 is 4.87 Å². The minimum absolute atomic E-state index is 0.118. The smallest absolute Gasteiger partial charge is 0.315 e. The molecule has 3 amide bonds. The van der Waals surface area contributed by atoms with Gasteiger partial charge in [0.2, 0.25) is 0 Å². The molecule has 1 N–H and O–H groups in total. The van der Waals surface area contributed by atoms with Gasteiger partial charge in [-0.05, 0) is 20.3 Å². The molecule has 13 heavy (non-hydrogen) atoms. The molecule has 0 bridgehead atoms. The van der Waals surface area contributed by atoms with Crippen molar-refractivity contribution in [3.05, 3.63) is 0 Å². The molecule has 1 atom stereocenters. The second-order valence-electron chi connectivity index (χ2n) is 3.41. The predicted octanol–water partition coefficient (Wildman–Crippen LogP) is 0.983. The number of carbonyl (C=O) groups excluding carboxylic acids is 2. The lowest BCUT2D eigenvalue weighted by molar-refractivity contribution is -0.129. The number of rotatable bonds is 2. The first-order valence-corrected chi connectivity index (χ1v) is 4.75. The number of carbonyl (C=O) groups is 2. The number of hydrogen-bond donors (Lipinski definition) is 2. The lowest BCUT2D eigenvalue weighted by atomic mass is 10.2. The van der Waals surface area contributed by atoms with Crippen molar-refractivity contribution in [2.24, 2.45) is 0 Å². The molecule has 4 nitrogen and oxygen atoms in total. The Morgan fingerprint density at radius 1 is 1.54 bits per heavy atom. The minimum Gasteiger partial charge on any atom is -0.315 e. The molecule has 0 radical (unpaired) electrons. The zero-order valence-corrected chi connectivity index (χ0v) is 8.89. The third-order valence-corrected chi connectivity index (χ3v) is 2.75. The number of urea groups is 1. The van der Waals surface area contributed by atoms with Gasteiger partial charge in [0.05, 0.1) is 0 Å². The molecular formula is C8H14N2O2S. The first-order valence-electron chi connectivity index (χ1n) is 4.30. The Kier molecular flexibility index (Phi) is 2.56. The van der Waals surface area contributed by atoms with Crippen LogP contribution >= 0.6 is 12.6 Å². The van der Waals surface area contributed by atoms with Crippen molar-refractivity contribution >= 4 is 24.6 Å². The van der Waals surface area contributed by atoms with Gasteiger partial charge in [-0.15, -0.1) is 12.6 Å². The SMILES string of the molecule is CC[C@@]1(S)NC(=O)N(C(C)C)C1=O. The standard InChI is InChI=1S/C8H14N2O2S/c1-4-8(13)6(11)10(5(2)3)7(12)9-8/h5,13H,4H2,1-3H3,(H,9,12)/t8-/m0/s1. The molecule has 0 spiro atoms. The van der Waals surface area contributed by atoms with Crippen LogP contribution in [0.2, 0.25) is 0 Å². The van der Waals surface area contributed by atoms with Crippen molar-refractivity contribution in [2.75, 3.05) is 0 Å². The number of nitrogens with one attached hydrogen (secondary N) is 1. The van der Waals surface area contributed by atoms with Gasteiger partial charge >= 0.3 is 6.03 Å². The molecule has 0 unspecified atom stereocenters. The molecule has 1 rings (SSSR count). The highest BCUT2D eigenvalue weighted by Gasteiger charge is 2.48. The fourth-order valence-electron chi connectivity index (χ4n) is 1.29. The first kappa shape index (κ1) is 10.4. The van der Waals surface area contributed by atoms with Gasteiger partial charge < -0.3 is 5.32 Å². The Morgan fingerprint density at radius 3 is 2.31 bits per heavy atom. The summed E-state index contributed by atoms with van der Waals surface area (Å²) in [7, 11) is 0. The Bertz CT molecular complexity index is 255. The highest BCUT2D eigenvalue weighted by molar-refractivity contribution is 7.82. The molecule has 1 saturated heterocycles. The number of amides is 3. The Labute approximate surface area is 83.1 Å². The molecular weight excluding hydrogens is 188 g/mol. The number of hydrogen-bond acceptors (Lipinski definition) is 3. The van der Waals surface area contributed by atoms with E-state index in [0.29, 0.717) is 6.42 Å². The molecule has 0 saturated carbocycles. The summed E-state index contributed by atoms with van der Waals surface area (Å²) in [5.41, 5.74) is 0. The Hall–Kier alpha value is -0.710. The molecule has 1 aliphatic heterocycles. The second kappa shape index (κ2) is 3.21. The largest absolute Gasteiger partial charge is 0.325 e. The molecule has 0 aliphatic carbocycles. The van der Waals surface area contributed by atoms with Crippen LogP contribution in [0.25, 0.3) is 0 Å². The maximum Gasteiger partial charge on any atom is 0.325 e. The molecule has 1 fully saturated rings. The Morgan fingerprint density at radius 2 is 2.08 bits per heavy atom. The molecule has 5 heteroatoms. The molecule has 0 aromatic rings. The van der Waals surface area contributed by atoms with E-state index in [1.54, 1.807) is 13.8 Å². The summed E-state index contributed by atoms with van der Waals surface area (Å²) in [6.45, 7) is 5.41. The molecule has 1 heterocycles. The van der Waals surface area contributed by atoms with Gasteiger partial charge in [-0.25, -0.2) is 4.79 Å². The van der Waals surface area contributed by atoms with Crippen molar-refractivity contribution in [1.29, 1.82) is 0 Å². The van der Waals surface area contributed by atoms with Crippen molar-refractivity contribution in [2.45, 2.75) is 38.1 Å². The van der Waals surface area contributed by atoms with Crippen LogP contribution in [0.3, 0.4) is 0 Å². The van der Waals surface area contributed by atoms with Gasteiger partial charge in [0.1, 0.15) is 0 Å². The first-order chi connectivity index (χ1) is 5.92. The quantitative estimate of drug-likeness (QED) is 0.518. The van der Waals surface area contributed by atoms with Gasteiger partial charge in [0.25, 0.3) is 5.91 Å². The zero-order chi connectivity index (χ0) is 10.2. The van der Waals surface area contributed by atoms with Crippen LogP contribution in [0.5, 0.6) is 0 Å². The van der Waals surface area contributed by atoms with Gasteiger partial charge in [-0.1, -0.05) is 6.92 Å². The van der Waals surface area contributed by atoms with Crippen LogP contribution in [0.15, 0.2) is 0 Å². The van der Waals surface area contributed by atoms with Gasteiger partial charge in [0.15, 0.2) is 4.87 Å². The number of nitrogens with zero attached hydrogens (tertiary/aromatic N) is 1. The average Bonchev–Trinajstić information content (AvgIpc) is 2.24. The van der Waals surface area contributed by atoms with Crippen LogP contribution in [-0.2, 0) is 4.79 Å². The van der Waals surface area contributed by atoms with Crippen LogP contribution in [0.1, 0.15) is 27.2 Å². The summed E-state index contributed by atoms with van der Waals surface area (Å²) < 4.78 is 0. The second-order valence-corrected chi connectivity index (χ2v) is 4.18. The third-order valence-electron chi connectivity index (χ3n) is 2.13. The van der Waals surface area contributed by atoms with E-state index in [4.69, 9.17) is 0 Å².